The maximum Gasteiger partial charge on any atom is 0.203 e. The van der Waals surface area contributed by atoms with Gasteiger partial charge in [0.2, 0.25) is 5.75 Å². The molecule has 4 aromatic rings. The van der Waals surface area contributed by atoms with Crippen LogP contribution in [-0.2, 0) is 0 Å². The molecule has 0 fully saturated rings. The zero-order chi connectivity index (χ0) is 22.2. The van der Waals surface area contributed by atoms with Gasteiger partial charge in [-0.15, -0.1) is 0 Å². The van der Waals surface area contributed by atoms with Crippen molar-refractivity contribution >= 4 is 28.5 Å². The second-order valence-electron chi connectivity index (χ2n) is 7.29. The largest absolute Gasteiger partial charge is 0.494 e. The number of hydrogen-bond donors (Lipinski definition) is 2. The quantitative estimate of drug-likeness (QED) is 0.511. The van der Waals surface area contributed by atoms with Crippen molar-refractivity contribution in [1.82, 2.24) is 4.98 Å². The van der Waals surface area contributed by atoms with E-state index in [0.29, 0.717) is 23.1 Å². The van der Waals surface area contributed by atoms with Crippen molar-refractivity contribution in [2.24, 2.45) is 9.98 Å². The summed E-state index contributed by atoms with van der Waals surface area (Å²) < 4.78 is 16.3. The molecular formula is C25H21N3O4. The summed E-state index contributed by atoms with van der Waals surface area (Å²) in [4.78, 5) is 12.4. The van der Waals surface area contributed by atoms with Crippen molar-refractivity contribution < 1.29 is 19.3 Å². The minimum absolute atomic E-state index is 0.137. The second-order valence-corrected chi connectivity index (χ2v) is 7.29. The number of hydrogen-bond acceptors (Lipinski definition) is 6. The lowest BCUT2D eigenvalue weighted by atomic mass is 10.1. The average molecular weight is 427 g/mol. The maximum atomic E-state index is 10.4. The van der Waals surface area contributed by atoms with Crippen LogP contribution in [0.2, 0.25) is 0 Å². The summed E-state index contributed by atoms with van der Waals surface area (Å²) in [5.74, 6) is 2.30. The zero-order valence-corrected chi connectivity index (χ0v) is 17.8. The van der Waals surface area contributed by atoms with Crippen LogP contribution in [0.4, 0.5) is 5.69 Å². The Hall–Kier alpha value is -4.26. The predicted octanol–water partition coefficient (Wildman–Crippen LogP) is 3.44. The summed E-state index contributed by atoms with van der Waals surface area (Å²) in [6, 6.07) is 17.3. The fourth-order valence-corrected chi connectivity index (χ4v) is 3.87. The van der Waals surface area contributed by atoms with E-state index in [0.717, 1.165) is 38.3 Å². The Kier molecular flexibility index (Phi) is 4.78. The fraction of sp³-hybridized carbons (Fsp3) is 0.120. The molecule has 32 heavy (non-hydrogen) atoms. The highest BCUT2D eigenvalue weighted by Crippen LogP contribution is 2.38. The molecule has 2 heterocycles. The van der Waals surface area contributed by atoms with E-state index in [1.165, 1.54) is 0 Å². The van der Waals surface area contributed by atoms with Gasteiger partial charge in [-0.05, 0) is 41.6 Å². The van der Waals surface area contributed by atoms with Gasteiger partial charge in [0.1, 0.15) is 0 Å². The third-order valence-corrected chi connectivity index (χ3v) is 5.41. The summed E-state index contributed by atoms with van der Waals surface area (Å²) in [7, 11) is 4.72. The Balaban J connectivity index is 1.58. The van der Waals surface area contributed by atoms with Crippen molar-refractivity contribution in [1.29, 1.82) is 0 Å². The number of amidine groups is 1. The van der Waals surface area contributed by atoms with Crippen molar-refractivity contribution in [3.8, 4) is 23.1 Å². The molecule has 0 radical (unpaired) electrons. The van der Waals surface area contributed by atoms with E-state index in [4.69, 9.17) is 19.2 Å². The van der Waals surface area contributed by atoms with Gasteiger partial charge >= 0.3 is 0 Å². The third-order valence-electron chi connectivity index (χ3n) is 5.41. The molecule has 0 unspecified atom stereocenters. The molecule has 3 aromatic carbocycles. The molecule has 0 aliphatic carbocycles. The first kappa shape index (κ1) is 19.7. The lowest BCUT2D eigenvalue weighted by molar-refractivity contribution is 0.324. The number of fused-ring (bicyclic) bond motifs is 2. The summed E-state index contributed by atoms with van der Waals surface area (Å²) in [6.07, 6.45) is 1.93. The van der Waals surface area contributed by atoms with Gasteiger partial charge in [-0.3, -0.25) is 0 Å². The van der Waals surface area contributed by atoms with Gasteiger partial charge in [0, 0.05) is 22.0 Å². The first-order valence-corrected chi connectivity index (χ1v) is 10.0. The van der Waals surface area contributed by atoms with Crippen LogP contribution in [0.25, 0.3) is 17.0 Å². The minimum Gasteiger partial charge on any atom is -0.494 e. The summed E-state index contributed by atoms with van der Waals surface area (Å²) in [5.41, 5.74) is 3.14. The molecular weight excluding hydrogens is 406 g/mol. The van der Waals surface area contributed by atoms with Crippen LogP contribution >= 0.6 is 0 Å². The molecule has 7 nitrogen and oxygen atoms in total. The second kappa shape index (κ2) is 7.77. The predicted molar refractivity (Wildman–Crippen MR) is 123 cm³/mol. The van der Waals surface area contributed by atoms with Crippen molar-refractivity contribution in [3.05, 3.63) is 76.3 Å². The first-order valence-electron chi connectivity index (χ1n) is 10.0. The first-order chi connectivity index (χ1) is 15.6. The highest BCUT2D eigenvalue weighted by Gasteiger charge is 2.18. The van der Waals surface area contributed by atoms with Crippen LogP contribution in [0.15, 0.2) is 64.6 Å². The van der Waals surface area contributed by atoms with Gasteiger partial charge in [0.05, 0.1) is 32.4 Å². The summed E-state index contributed by atoms with van der Waals surface area (Å²) >= 11 is 0. The summed E-state index contributed by atoms with van der Waals surface area (Å²) in [6.45, 7) is 0. The van der Waals surface area contributed by atoms with Crippen LogP contribution in [-0.4, -0.2) is 37.3 Å². The van der Waals surface area contributed by atoms with E-state index >= 15 is 0 Å². The van der Waals surface area contributed by atoms with Gasteiger partial charge < -0.3 is 24.3 Å². The van der Waals surface area contributed by atoms with Crippen molar-refractivity contribution in [3.63, 3.8) is 0 Å². The molecule has 0 saturated carbocycles. The van der Waals surface area contributed by atoms with Crippen LogP contribution in [0.3, 0.4) is 0 Å². The molecule has 1 aliphatic heterocycles. The highest BCUT2D eigenvalue weighted by molar-refractivity contribution is 6.03. The Labute approximate surface area is 183 Å². The number of H-pyrrole nitrogens is 1. The number of rotatable bonds is 5. The van der Waals surface area contributed by atoms with Crippen molar-refractivity contribution in [2.45, 2.75) is 0 Å². The number of aliphatic imine (C=N–C) groups is 1. The molecule has 0 bridgehead atoms. The van der Waals surface area contributed by atoms with Crippen molar-refractivity contribution in [2.75, 3.05) is 21.3 Å². The number of benzene rings is 3. The number of nitrogens with one attached hydrogen (secondary N) is 1. The number of nitrogens with zero attached hydrogens (tertiary/aromatic N) is 2. The molecule has 0 spiro atoms. The minimum atomic E-state index is 0.137. The van der Waals surface area contributed by atoms with Crippen LogP contribution in [0.1, 0.15) is 11.1 Å². The molecule has 160 valence electrons. The van der Waals surface area contributed by atoms with Gasteiger partial charge in [0.25, 0.3) is 0 Å². The third kappa shape index (κ3) is 3.24. The molecule has 1 aliphatic rings. The molecule has 0 saturated heterocycles. The number of para-hydroxylation sites is 1. The molecule has 0 atom stereocenters. The smallest absolute Gasteiger partial charge is 0.203 e. The molecule has 7 heteroatoms. The number of aromatic hydroxyl groups is 1. The molecule has 0 amide bonds. The Morgan fingerprint density at radius 3 is 2.34 bits per heavy atom. The van der Waals surface area contributed by atoms with Gasteiger partial charge in [-0.2, -0.15) is 0 Å². The molecule has 1 aromatic heterocycles. The van der Waals surface area contributed by atoms with E-state index < -0.39 is 0 Å². The Bertz CT molecular complexity index is 1480. The standard InChI is InChI=1S/C25H21N3O4/c1-30-21-12-15(13-22(31-2)23(21)32-3)24-26-19-9-8-14(11-20(19)27-24)10-17-16-6-4-5-7-18(16)28-25(17)29/h4-13,28-29H,1-3H3/b14-10-. The van der Waals surface area contributed by atoms with Crippen LogP contribution in [0.5, 0.6) is 23.1 Å². The lowest BCUT2D eigenvalue weighted by Crippen LogP contribution is -2.07. The van der Waals surface area contributed by atoms with Gasteiger partial charge in [-0.1, -0.05) is 24.3 Å². The molecule has 5 rings (SSSR count). The van der Waals surface area contributed by atoms with Crippen LogP contribution in [0, 0.1) is 0 Å². The maximum absolute atomic E-state index is 10.4. The number of methoxy groups -OCH3 is 3. The van der Waals surface area contributed by atoms with E-state index in [-0.39, 0.29) is 5.88 Å². The van der Waals surface area contributed by atoms with E-state index in [2.05, 4.69) is 9.98 Å². The van der Waals surface area contributed by atoms with E-state index in [1.54, 1.807) is 21.3 Å². The fourth-order valence-electron chi connectivity index (χ4n) is 3.87. The van der Waals surface area contributed by atoms with E-state index in [1.807, 2.05) is 60.7 Å². The highest BCUT2D eigenvalue weighted by atomic mass is 16.5. The Morgan fingerprint density at radius 2 is 1.62 bits per heavy atom. The molecule has 2 N–H and O–H groups in total. The SMILES string of the molecule is COc1cc(C2=Nc3c/c(=C\c4c(O)[nH]c5ccccc45)ccc3=N2)cc(OC)c1OC. The number of aromatic nitrogens is 1. The van der Waals surface area contributed by atoms with Gasteiger partial charge in [0.15, 0.2) is 23.2 Å². The summed E-state index contributed by atoms with van der Waals surface area (Å²) in [5, 5.41) is 13.0. The normalized spacial score (nSPS) is 13.0. The lowest BCUT2D eigenvalue weighted by Gasteiger charge is -2.13. The zero-order valence-electron chi connectivity index (χ0n) is 17.8. The van der Waals surface area contributed by atoms with Crippen LogP contribution < -0.4 is 24.8 Å². The number of ether oxygens (including phenoxy) is 3. The monoisotopic (exact) mass is 427 g/mol. The van der Waals surface area contributed by atoms with E-state index in [9.17, 15) is 5.11 Å². The van der Waals surface area contributed by atoms with Gasteiger partial charge in [-0.25, -0.2) is 9.98 Å². The topological polar surface area (TPSA) is 88.4 Å². The number of aromatic amines is 1. The Morgan fingerprint density at radius 1 is 0.875 bits per heavy atom. The average Bonchev–Trinajstić information content (AvgIpc) is 3.38.